The summed E-state index contributed by atoms with van der Waals surface area (Å²) in [6.07, 6.45) is 0. The first-order valence-electron chi connectivity index (χ1n) is 10.1. The van der Waals surface area contributed by atoms with E-state index >= 15 is 0 Å². The molecule has 2 aromatic heterocycles. The first kappa shape index (κ1) is 25.2. The van der Waals surface area contributed by atoms with Crippen molar-refractivity contribution in [1.29, 1.82) is 0 Å². The number of carbonyl (C=O) groups excluding carboxylic acids is 3. The van der Waals surface area contributed by atoms with Crippen molar-refractivity contribution in [3.05, 3.63) is 40.3 Å². The third-order valence-electron chi connectivity index (χ3n) is 4.91. The van der Waals surface area contributed by atoms with E-state index in [1.165, 1.54) is 23.8 Å². The van der Waals surface area contributed by atoms with Gasteiger partial charge in [0, 0.05) is 26.7 Å². The Bertz CT molecular complexity index is 1220. The van der Waals surface area contributed by atoms with Crippen LogP contribution in [0.2, 0.25) is 0 Å². The third-order valence-corrected chi connectivity index (χ3v) is 7.12. The van der Waals surface area contributed by atoms with Crippen molar-refractivity contribution in [2.24, 2.45) is 7.05 Å². The number of ether oxygens (including phenoxy) is 2. The van der Waals surface area contributed by atoms with Crippen molar-refractivity contribution in [3.63, 3.8) is 0 Å². The number of anilines is 1. The Morgan fingerprint density at radius 3 is 2.41 bits per heavy atom. The number of amides is 2. The molecule has 0 fully saturated rings. The molecule has 180 valence electrons. The molecule has 0 radical (unpaired) electrons. The average molecular weight is 504 g/mol. The second-order valence-corrected chi connectivity index (χ2v) is 9.35. The molecule has 0 atom stereocenters. The van der Waals surface area contributed by atoms with Gasteiger partial charge >= 0.3 is 5.97 Å². The monoisotopic (exact) mass is 503 g/mol. The zero-order chi connectivity index (χ0) is 25.0. The molecular weight excluding hydrogens is 478 g/mol. The number of aromatic nitrogens is 3. The summed E-state index contributed by atoms with van der Waals surface area (Å²) < 4.78 is 11.8. The molecule has 3 aromatic rings. The van der Waals surface area contributed by atoms with Crippen LogP contribution in [0.25, 0.3) is 11.4 Å². The Hall–Kier alpha value is -3.38. The highest BCUT2D eigenvalue weighted by atomic mass is 32.2. The minimum atomic E-state index is -0.619. The number of nitrogens with one attached hydrogen (secondary N) is 1. The normalized spacial score (nSPS) is 10.6. The standard InChI is InChI=1S/C22H25N5O5S2/c1-12-16(21(30)32-6)19(34-17(12)20(29)26(2)3)23-15(28)11-33-22-25-24-18(27(22)4)13-7-9-14(31-5)10-8-13/h7-10H,11H2,1-6H3,(H,23,28). The van der Waals surface area contributed by atoms with Gasteiger partial charge in [-0.2, -0.15) is 0 Å². The number of hydrogen-bond donors (Lipinski definition) is 1. The molecule has 0 aliphatic heterocycles. The average Bonchev–Trinajstić information content (AvgIpc) is 3.35. The molecule has 0 saturated heterocycles. The van der Waals surface area contributed by atoms with Crippen LogP contribution in [0.4, 0.5) is 5.00 Å². The molecule has 34 heavy (non-hydrogen) atoms. The first-order valence-corrected chi connectivity index (χ1v) is 11.9. The molecule has 0 aliphatic rings. The minimum absolute atomic E-state index is 0.0309. The zero-order valence-electron chi connectivity index (χ0n) is 19.7. The maximum absolute atomic E-state index is 12.7. The Labute approximate surface area is 205 Å². The maximum Gasteiger partial charge on any atom is 0.341 e. The van der Waals surface area contributed by atoms with E-state index < -0.39 is 5.97 Å². The molecular formula is C22H25N5O5S2. The molecule has 2 amide bonds. The molecule has 0 unspecified atom stereocenters. The Kier molecular flexibility index (Phi) is 7.94. The molecule has 0 bridgehead atoms. The fourth-order valence-corrected chi connectivity index (χ4v) is 5.02. The van der Waals surface area contributed by atoms with Gasteiger partial charge in [0.1, 0.15) is 10.8 Å². The predicted octanol–water partition coefficient (Wildman–Crippen LogP) is 3.08. The molecule has 2 heterocycles. The highest BCUT2D eigenvalue weighted by molar-refractivity contribution is 7.99. The zero-order valence-corrected chi connectivity index (χ0v) is 21.3. The fourth-order valence-electron chi connectivity index (χ4n) is 3.08. The van der Waals surface area contributed by atoms with Gasteiger partial charge in [0.25, 0.3) is 5.91 Å². The van der Waals surface area contributed by atoms with Crippen molar-refractivity contribution in [2.45, 2.75) is 12.1 Å². The molecule has 12 heteroatoms. The third kappa shape index (κ3) is 5.23. The van der Waals surface area contributed by atoms with Gasteiger partial charge < -0.3 is 24.3 Å². The number of benzene rings is 1. The van der Waals surface area contributed by atoms with E-state index in [0.29, 0.717) is 21.4 Å². The van der Waals surface area contributed by atoms with Gasteiger partial charge in [-0.25, -0.2) is 4.79 Å². The predicted molar refractivity (Wildman–Crippen MR) is 131 cm³/mol. The van der Waals surface area contributed by atoms with Gasteiger partial charge in [0.15, 0.2) is 11.0 Å². The van der Waals surface area contributed by atoms with Crippen molar-refractivity contribution < 1.29 is 23.9 Å². The second kappa shape index (κ2) is 10.7. The number of thiophene rings is 1. The summed E-state index contributed by atoms with van der Waals surface area (Å²) in [6, 6.07) is 7.43. The number of nitrogens with zero attached hydrogens (tertiary/aromatic N) is 4. The number of esters is 1. The van der Waals surface area contributed by atoms with Gasteiger partial charge in [-0.15, -0.1) is 21.5 Å². The molecule has 3 rings (SSSR count). The summed E-state index contributed by atoms with van der Waals surface area (Å²) in [4.78, 5) is 39.3. The lowest BCUT2D eigenvalue weighted by atomic mass is 10.1. The van der Waals surface area contributed by atoms with E-state index in [1.54, 1.807) is 32.7 Å². The SMILES string of the molecule is COC(=O)c1c(NC(=O)CSc2nnc(-c3ccc(OC)cc3)n2C)sc(C(=O)N(C)C)c1C. The summed E-state index contributed by atoms with van der Waals surface area (Å²) in [6.45, 7) is 1.66. The van der Waals surface area contributed by atoms with Gasteiger partial charge in [0.2, 0.25) is 5.91 Å². The van der Waals surface area contributed by atoms with Crippen molar-refractivity contribution >= 4 is 45.9 Å². The van der Waals surface area contributed by atoms with Crippen LogP contribution in [0, 0.1) is 6.92 Å². The first-order chi connectivity index (χ1) is 16.2. The van der Waals surface area contributed by atoms with E-state index in [0.717, 1.165) is 22.6 Å². The largest absolute Gasteiger partial charge is 0.497 e. The molecule has 10 nitrogen and oxygen atoms in total. The smallest absolute Gasteiger partial charge is 0.341 e. The number of rotatable bonds is 8. The van der Waals surface area contributed by atoms with E-state index in [9.17, 15) is 14.4 Å². The molecule has 1 N–H and O–H groups in total. The molecule has 1 aromatic carbocycles. The van der Waals surface area contributed by atoms with Gasteiger partial charge in [-0.1, -0.05) is 11.8 Å². The number of methoxy groups -OCH3 is 2. The van der Waals surface area contributed by atoms with Crippen LogP contribution in [-0.4, -0.2) is 71.5 Å². The highest BCUT2D eigenvalue weighted by Crippen LogP contribution is 2.34. The maximum atomic E-state index is 12.7. The Morgan fingerprint density at radius 2 is 1.82 bits per heavy atom. The van der Waals surface area contributed by atoms with E-state index in [2.05, 4.69) is 15.5 Å². The van der Waals surface area contributed by atoms with Crippen LogP contribution in [0.15, 0.2) is 29.4 Å². The molecule has 0 aliphatic carbocycles. The second-order valence-electron chi connectivity index (χ2n) is 7.38. The van der Waals surface area contributed by atoms with Crippen molar-refractivity contribution in [2.75, 3.05) is 39.4 Å². The topological polar surface area (TPSA) is 116 Å². The van der Waals surface area contributed by atoms with Gasteiger partial charge in [0.05, 0.1) is 30.4 Å². The van der Waals surface area contributed by atoms with Crippen molar-refractivity contribution in [3.8, 4) is 17.1 Å². The lowest BCUT2D eigenvalue weighted by molar-refractivity contribution is -0.113. The van der Waals surface area contributed by atoms with Crippen LogP contribution < -0.4 is 10.1 Å². The summed E-state index contributed by atoms with van der Waals surface area (Å²) in [5, 5.41) is 12.0. The van der Waals surface area contributed by atoms with Crippen LogP contribution in [0.5, 0.6) is 5.75 Å². The summed E-state index contributed by atoms with van der Waals surface area (Å²) in [5.74, 6) is 0.194. The van der Waals surface area contributed by atoms with Gasteiger partial charge in [-0.05, 0) is 36.8 Å². The number of thioether (sulfide) groups is 1. The molecule has 0 spiro atoms. The van der Waals surface area contributed by atoms with Crippen molar-refractivity contribution in [1.82, 2.24) is 19.7 Å². The fraction of sp³-hybridized carbons (Fsp3) is 0.318. The van der Waals surface area contributed by atoms with Crippen LogP contribution in [0.3, 0.4) is 0 Å². The van der Waals surface area contributed by atoms with Crippen LogP contribution in [0.1, 0.15) is 25.6 Å². The minimum Gasteiger partial charge on any atom is -0.497 e. The summed E-state index contributed by atoms with van der Waals surface area (Å²) >= 11 is 2.25. The van der Waals surface area contributed by atoms with Crippen LogP contribution >= 0.6 is 23.1 Å². The Morgan fingerprint density at radius 1 is 1.15 bits per heavy atom. The lowest BCUT2D eigenvalue weighted by Crippen LogP contribution is -2.21. The highest BCUT2D eigenvalue weighted by Gasteiger charge is 2.27. The Balaban J connectivity index is 1.74. The summed E-state index contributed by atoms with van der Waals surface area (Å²) in [7, 11) is 7.91. The molecule has 0 saturated carbocycles. The van der Waals surface area contributed by atoms with E-state index in [-0.39, 0.29) is 28.1 Å². The van der Waals surface area contributed by atoms with E-state index in [1.807, 2.05) is 31.3 Å². The van der Waals surface area contributed by atoms with Crippen LogP contribution in [-0.2, 0) is 16.6 Å². The lowest BCUT2D eigenvalue weighted by Gasteiger charge is -2.08. The quantitative estimate of drug-likeness (QED) is 0.368. The summed E-state index contributed by atoms with van der Waals surface area (Å²) in [5.41, 5.74) is 1.51. The number of carbonyl (C=O) groups is 3. The number of hydrogen-bond acceptors (Lipinski definition) is 9. The van der Waals surface area contributed by atoms with E-state index in [4.69, 9.17) is 9.47 Å². The van der Waals surface area contributed by atoms with Gasteiger partial charge in [-0.3, -0.25) is 9.59 Å².